The first-order chi connectivity index (χ1) is 19.1. The number of hydrogen-bond acceptors (Lipinski definition) is 7. The Balaban J connectivity index is 0.00000323. The first-order valence-electron chi connectivity index (χ1n) is 14.1. The number of nitrogens with zero attached hydrogens (tertiary/aromatic N) is 7. The van der Waals surface area contributed by atoms with E-state index >= 15 is 0 Å². The standard InChI is InChI=1S/C31H37N7S.ClH/c1-23-20-27-29(39-23)21-25-12-6-7-13-28(25)32-31(27)38-19-18-37(17-9-8-14-30-33-34-35-36(30)2)26(22-38)16-15-24-10-4-3-5-11-24;/h3-7,10-13,20,26H,8-9,14-19,21-22H2,1-2H3;1H/t26-;/m0./s1. The fourth-order valence-electron chi connectivity index (χ4n) is 5.93. The van der Waals surface area contributed by atoms with E-state index < -0.39 is 0 Å². The van der Waals surface area contributed by atoms with Crippen LogP contribution in [0.1, 0.15) is 51.5 Å². The molecule has 2 aliphatic heterocycles. The van der Waals surface area contributed by atoms with Crippen LogP contribution >= 0.6 is 23.7 Å². The molecule has 9 heteroatoms. The fraction of sp³-hybridized carbons (Fsp3) is 0.419. The van der Waals surface area contributed by atoms with Crippen LogP contribution in [0.4, 0.5) is 5.69 Å². The number of aryl methyl sites for hydroxylation is 4. The van der Waals surface area contributed by atoms with E-state index in [1.165, 1.54) is 32.3 Å². The Morgan fingerprint density at radius 2 is 1.80 bits per heavy atom. The Morgan fingerprint density at radius 1 is 0.975 bits per heavy atom. The lowest BCUT2D eigenvalue weighted by atomic mass is 10.0. The number of thiophene rings is 1. The van der Waals surface area contributed by atoms with Crippen molar-refractivity contribution in [1.82, 2.24) is 30.0 Å². The summed E-state index contributed by atoms with van der Waals surface area (Å²) >= 11 is 1.92. The van der Waals surface area contributed by atoms with Gasteiger partial charge in [0.25, 0.3) is 0 Å². The SMILES string of the molecule is Cc1cc2c(s1)Cc1ccccc1N=C2N1CCN(CCCCc2nnnn2C)[C@@H](CCc2ccccc2)C1.Cl. The first kappa shape index (κ1) is 28.5. The second kappa shape index (κ2) is 13.1. The molecule has 0 aliphatic carbocycles. The summed E-state index contributed by atoms with van der Waals surface area (Å²) in [5.41, 5.74) is 5.20. The highest BCUT2D eigenvalue weighted by Crippen LogP contribution is 2.34. The number of amidine groups is 1. The molecule has 0 saturated carbocycles. The molecule has 4 aromatic rings. The average molecular weight is 576 g/mol. The summed E-state index contributed by atoms with van der Waals surface area (Å²) in [4.78, 5) is 13.4. The minimum Gasteiger partial charge on any atom is -0.353 e. The third-order valence-corrected chi connectivity index (χ3v) is 9.11. The van der Waals surface area contributed by atoms with E-state index in [1.54, 1.807) is 4.68 Å². The fourth-order valence-corrected chi connectivity index (χ4v) is 6.98. The van der Waals surface area contributed by atoms with E-state index in [2.05, 4.69) is 92.9 Å². The highest BCUT2D eigenvalue weighted by molar-refractivity contribution is 7.12. The van der Waals surface area contributed by atoms with Crippen LogP contribution in [0, 0.1) is 6.92 Å². The number of unbranched alkanes of at least 4 members (excludes halogenated alkanes) is 1. The molecule has 4 heterocycles. The van der Waals surface area contributed by atoms with Crippen molar-refractivity contribution in [2.45, 2.75) is 51.5 Å². The van der Waals surface area contributed by atoms with Gasteiger partial charge in [0, 0.05) is 60.9 Å². The number of para-hydroxylation sites is 1. The third-order valence-electron chi connectivity index (χ3n) is 8.06. The van der Waals surface area contributed by atoms with Gasteiger partial charge in [-0.25, -0.2) is 9.67 Å². The Bertz CT molecular complexity index is 1430. The lowest BCUT2D eigenvalue weighted by Crippen LogP contribution is -2.55. The molecule has 0 N–H and O–H groups in total. The van der Waals surface area contributed by atoms with Gasteiger partial charge >= 0.3 is 0 Å². The van der Waals surface area contributed by atoms with Crippen molar-refractivity contribution < 1.29 is 0 Å². The predicted octanol–water partition coefficient (Wildman–Crippen LogP) is 5.63. The van der Waals surface area contributed by atoms with Crippen LogP contribution in [0.3, 0.4) is 0 Å². The van der Waals surface area contributed by atoms with Gasteiger partial charge in [0.05, 0.1) is 5.69 Å². The maximum absolute atomic E-state index is 5.32. The van der Waals surface area contributed by atoms with E-state index in [1.807, 2.05) is 18.4 Å². The maximum atomic E-state index is 5.32. The molecule has 0 bridgehead atoms. The number of tetrazole rings is 1. The predicted molar refractivity (Wildman–Crippen MR) is 165 cm³/mol. The van der Waals surface area contributed by atoms with Crippen LogP contribution in [-0.2, 0) is 26.3 Å². The van der Waals surface area contributed by atoms with Crippen molar-refractivity contribution in [3.8, 4) is 0 Å². The topological polar surface area (TPSA) is 62.4 Å². The quantitative estimate of drug-likeness (QED) is 0.255. The molecule has 7 nitrogen and oxygen atoms in total. The smallest absolute Gasteiger partial charge is 0.150 e. The second-order valence-corrected chi connectivity index (χ2v) is 12.1. The van der Waals surface area contributed by atoms with E-state index in [0.29, 0.717) is 6.04 Å². The zero-order valence-electron chi connectivity index (χ0n) is 23.4. The molecule has 2 aromatic carbocycles. The van der Waals surface area contributed by atoms with Crippen molar-refractivity contribution in [3.05, 3.63) is 92.9 Å². The lowest BCUT2D eigenvalue weighted by Gasteiger charge is -2.43. The van der Waals surface area contributed by atoms with Crippen LogP contribution in [-0.4, -0.2) is 68.1 Å². The summed E-state index contributed by atoms with van der Waals surface area (Å²) in [7, 11) is 1.92. The Morgan fingerprint density at radius 3 is 2.62 bits per heavy atom. The second-order valence-electron chi connectivity index (χ2n) is 10.8. The zero-order valence-corrected chi connectivity index (χ0v) is 25.0. The van der Waals surface area contributed by atoms with Crippen LogP contribution < -0.4 is 0 Å². The Labute approximate surface area is 247 Å². The molecule has 0 unspecified atom stereocenters. The number of fused-ring (bicyclic) bond motifs is 2. The van der Waals surface area contributed by atoms with Crippen LogP contribution in [0.15, 0.2) is 65.7 Å². The summed E-state index contributed by atoms with van der Waals surface area (Å²) in [5, 5.41) is 11.9. The number of benzene rings is 2. The average Bonchev–Trinajstić information content (AvgIpc) is 3.50. The van der Waals surface area contributed by atoms with Crippen LogP contribution in [0.5, 0.6) is 0 Å². The Hall–Kier alpha value is -3.07. The van der Waals surface area contributed by atoms with Crippen molar-refractivity contribution in [2.75, 3.05) is 26.2 Å². The monoisotopic (exact) mass is 575 g/mol. The molecule has 2 aliphatic rings. The number of piperazine rings is 1. The molecule has 40 heavy (non-hydrogen) atoms. The van der Waals surface area contributed by atoms with Gasteiger partial charge in [0.15, 0.2) is 5.82 Å². The van der Waals surface area contributed by atoms with E-state index in [0.717, 1.165) is 76.2 Å². The van der Waals surface area contributed by atoms with Gasteiger partial charge in [-0.05, 0) is 72.8 Å². The molecule has 0 amide bonds. The van der Waals surface area contributed by atoms with Crippen molar-refractivity contribution >= 4 is 35.3 Å². The van der Waals surface area contributed by atoms with E-state index in [9.17, 15) is 0 Å². The van der Waals surface area contributed by atoms with Gasteiger partial charge in [-0.2, -0.15) is 0 Å². The number of halogens is 1. The van der Waals surface area contributed by atoms with Crippen LogP contribution in [0.2, 0.25) is 0 Å². The molecule has 210 valence electrons. The summed E-state index contributed by atoms with van der Waals surface area (Å²) in [6.45, 7) is 6.40. The van der Waals surface area contributed by atoms with Gasteiger partial charge in [0.2, 0.25) is 0 Å². The number of hydrogen-bond donors (Lipinski definition) is 0. The van der Waals surface area contributed by atoms with E-state index in [4.69, 9.17) is 4.99 Å². The van der Waals surface area contributed by atoms with Gasteiger partial charge in [-0.1, -0.05) is 48.5 Å². The summed E-state index contributed by atoms with van der Waals surface area (Å²) in [6, 6.07) is 22.4. The third kappa shape index (κ3) is 6.45. The molecule has 0 radical (unpaired) electrons. The molecule has 0 spiro atoms. The Kier molecular flexibility index (Phi) is 9.29. The lowest BCUT2D eigenvalue weighted by molar-refractivity contribution is 0.104. The zero-order chi connectivity index (χ0) is 26.6. The number of aromatic nitrogens is 4. The van der Waals surface area contributed by atoms with Crippen molar-refractivity contribution in [1.29, 1.82) is 0 Å². The van der Waals surface area contributed by atoms with Gasteiger partial charge < -0.3 is 4.90 Å². The molecule has 1 fully saturated rings. The normalized spacial score (nSPS) is 17.0. The molecule has 6 rings (SSSR count). The van der Waals surface area contributed by atoms with Crippen molar-refractivity contribution in [2.24, 2.45) is 12.0 Å². The summed E-state index contributed by atoms with van der Waals surface area (Å²) in [6.07, 6.45) is 6.38. The highest BCUT2D eigenvalue weighted by Gasteiger charge is 2.31. The largest absolute Gasteiger partial charge is 0.353 e. The summed E-state index contributed by atoms with van der Waals surface area (Å²) in [5.74, 6) is 2.13. The molecule has 1 saturated heterocycles. The molecule has 1 atom stereocenters. The molecule has 2 aromatic heterocycles. The van der Waals surface area contributed by atoms with Crippen LogP contribution in [0.25, 0.3) is 0 Å². The molecular formula is C31H38ClN7S. The highest BCUT2D eigenvalue weighted by atomic mass is 35.5. The molecular weight excluding hydrogens is 538 g/mol. The number of aliphatic imine (C=N–C) groups is 1. The maximum Gasteiger partial charge on any atom is 0.150 e. The summed E-state index contributed by atoms with van der Waals surface area (Å²) < 4.78 is 1.79. The number of rotatable bonds is 8. The van der Waals surface area contributed by atoms with Crippen molar-refractivity contribution in [3.63, 3.8) is 0 Å². The first-order valence-corrected chi connectivity index (χ1v) is 15.0. The van der Waals surface area contributed by atoms with E-state index in [-0.39, 0.29) is 12.4 Å². The minimum atomic E-state index is 0. The van der Waals surface area contributed by atoms with Gasteiger partial charge in [-0.15, -0.1) is 28.8 Å². The van der Waals surface area contributed by atoms with Gasteiger partial charge in [-0.3, -0.25) is 4.90 Å². The minimum absolute atomic E-state index is 0. The van der Waals surface area contributed by atoms with Gasteiger partial charge in [0.1, 0.15) is 5.84 Å².